The first-order chi connectivity index (χ1) is 20.3. The van der Waals surface area contributed by atoms with E-state index in [1.807, 2.05) is 0 Å². The second-order valence-electron chi connectivity index (χ2n) is 8.54. The number of nitrogen functional groups attached to an aromatic ring is 2. The van der Waals surface area contributed by atoms with Gasteiger partial charge in [0.2, 0.25) is 16.0 Å². The van der Waals surface area contributed by atoms with E-state index in [2.05, 4.69) is 14.7 Å². The summed E-state index contributed by atoms with van der Waals surface area (Å²) in [5.74, 6) is 0.544. The molecule has 3 aromatic carbocycles. The first-order valence-electron chi connectivity index (χ1n) is 11.7. The molecule has 0 bridgehead atoms. The van der Waals surface area contributed by atoms with E-state index in [1.54, 1.807) is 42.5 Å². The average molecular weight is 711 g/mol. The minimum atomic E-state index is -5.05. The number of aromatic nitrogens is 2. The van der Waals surface area contributed by atoms with Crippen LogP contribution >= 0.6 is 23.2 Å². The summed E-state index contributed by atoms with van der Waals surface area (Å²) in [5, 5.41) is 0.695. The van der Waals surface area contributed by atoms with Crippen LogP contribution in [0.1, 0.15) is 11.3 Å². The maximum Gasteiger partial charge on any atom is 0.394 e. The van der Waals surface area contributed by atoms with Crippen LogP contribution in [0.25, 0.3) is 11.1 Å². The third-order valence-electron chi connectivity index (χ3n) is 5.40. The second-order valence-corrected chi connectivity index (χ2v) is 13.4. The van der Waals surface area contributed by atoms with Crippen LogP contribution in [0.5, 0.6) is 5.75 Å². The average Bonchev–Trinajstić information content (AvgIpc) is 2.91. The Hall–Kier alpha value is -3.62. The molecule has 0 aliphatic carbocycles. The van der Waals surface area contributed by atoms with Crippen LogP contribution in [-0.4, -0.2) is 44.3 Å². The number of rotatable bonds is 9. The molecular weight excluding hydrogens is 688 g/mol. The Labute approximate surface area is 261 Å². The Morgan fingerprint density at radius 2 is 1.45 bits per heavy atom. The van der Waals surface area contributed by atoms with E-state index >= 15 is 0 Å². The first kappa shape index (κ1) is 34.9. The van der Waals surface area contributed by atoms with E-state index in [0.717, 1.165) is 24.3 Å². The van der Waals surface area contributed by atoms with Gasteiger partial charge in [-0.15, -0.1) is 3.89 Å². The SMILES string of the molecule is Nc1nc(N)c(-c2ccc(Cl)c(Cl)c2)c(COc2ccc(CNS(=O)(=O)c3cccc(S(=O)(=O)F)c3)cc2)n1.O=S(=O)(O)O. The lowest BCUT2D eigenvalue weighted by Gasteiger charge is -2.14. The number of halogens is 3. The molecule has 1 heterocycles. The maximum absolute atomic E-state index is 13.2. The molecule has 0 unspecified atom stereocenters. The number of sulfonamides is 1. The summed E-state index contributed by atoms with van der Waals surface area (Å²) in [7, 11) is -13.8. The van der Waals surface area contributed by atoms with Crippen molar-refractivity contribution in [1.29, 1.82) is 0 Å². The predicted molar refractivity (Wildman–Crippen MR) is 160 cm³/mol. The molecule has 0 spiro atoms. The topological polar surface area (TPSA) is 242 Å². The summed E-state index contributed by atoms with van der Waals surface area (Å²) in [4.78, 5) is 7.13. The summed E-state index contributed by atoms with van der Waals surface area (Å²) < 4.78 is 100. The highest BCUT2D eigenvalue weighted by Crippen LogP contribution is 2.33. The van der Waals surface area contributed by atoms with Gasteiger partial charge in [-0.2, -0.15) is 21.8 Å². The highest BCUT2D eigenvalue weighted by Gasteiger charge is 2.19. The third kappa shape index (κ3) is 10.2. The van der Waals surface area contributed by atoms with Crippen molar-refractivity contribution in [2.75, 3.05) is 11.5 Å². The summed E-state index contributed by atoms with van der Waals surface area (Å²) in [6, 6.07) is 15.5. The molecule has 0 aliphatic rings. The van der Waals surface area contributed by atoms with Crippen molar-refractivity contribution in [1.82, 2.24) is 14.7 Å². The zero-order chi connectivity index (χ0) is 32.9. The standard InChI is InChI=1S/C24H20Cl2FN5O5S2.H2O4S/c25-19-9-6-15(10-20(19)26)22-21(31-24(29)32-23(22)28)13-37-16-7-4-14(5-8-16)12-30-39(35,36)18-3-1-2-17(11-18)38(27,33)34;1-5(2,3)4/h1-11,30H,12-13H2,(H4,28,29,31,32);(H2,1,2,3,4). The number of anilines is 2. The van der Waals surface area contributed by atoms with Crippen LogP contribution in [0.2, 0.25) is 10.0 Å². The summed E-state index contributed by atoms with van der Waals surface area (Å²) in [6.07, 6.45) is 0. The smallest absolute Gasteiger partial charge is 0.394 e. The highest BCUT2D eigenvalue weighted by molar-refractivity contribution is 7.89. The highest BCUT2D eigenvalue weighted by atomic mass is 35.5. The molecule has 1 aromatic heterocycles. The van der Waals surface area contributed by atoms with Crippen molar-refractivity contribution in [3.63, 3.8) is 0 Å². The van der Waals surface area contributed by atoms with Gasteiger partial charge in [0.15, 0.2) is 0 Å². The summed E-state index contributed by atoms with van der Waals surface area (Å²) in [6.45, 7) is -0.137. The molecule has 4 aromatic rings. The third-order valence-corrected chi connectivity index (χ3v) is 8.36. The molecular formula is C24H22Cl2FN5O9S3. The minimum Gasteiger partial charge on any atom is -0.487 e. The molecule has 14 nitrogen and oxygen atoms in total. The lowest BCUT2D eigenvalue weighted by Crippen LogP contribution is -2.23. The molecule has 0 atom stereocenters. The number of nitrogens with two attached hydrogens (primary N) is 2. The molecule has 0 saturated heterocycles. The van der Waals surface area contributed by atoms with Gasteiger partial charge in [-0.25, -0.2) is 18.1 Å². The molecule has 0 radical (unpaired) electrons. The Kier molecular flexibility index (Phi) is 11.1. The van der Waals surface area contributed by atoms with Gasteiger partial charge in [-0.05, 0) is 53.6 Å². The molecule has 20 heteroatoms. The van der Waals surface area contributed by atoms with E-state index in [0.29, 0.717) is 38.2 Å². The number of nitrogens with zero attached hydrogens (tertiary/aromatic N) is 2. The summed E-state index contributed by atoms with van der Waals surface area (Å²) in [5.41, 5.74) is 14.0. The fourth-order valence-corrected chi connectivity index (χ4v) is 5.47. The van der Waals surface area contributed by atoms with Crippen LogP contribution < -0.4 is 20.9 Å². The monoisotopic (exact) mass is 709 g/mol. The number of hydrogen-bond acceptors (Lipinski definition) is 11. The molecule has 4 rings (SSSR count). The van der Waals surface area contributed by atoms with Crippen LogP contribution in [0.15, 0.2) is 76.5 Å². The first-order valence-corrected chi connectivity index (χ1v) is 16.7. The molecule has 44 heavy (non-hydrogen) atoms. The molecule has 7 N–H and O–H groups in total. The minimum absolute atomic E-state index is 0.0215. The van der Waals surface area contributed by atoms with Crippen molar-refractivity contribution in [3.8, 4) is 16.9 Å². The summed E-state index contributed by atoms with van der Waals surface area (Å²) >= 11 is 12.2. The molecule has 0 fully saturated rings. The Balaban J connectivity index is 0.000000978. The molecule has 0 amide bonds. The fourth-order valence-electron chi connectivity index (χ4n) is 3.53. The van der Waals surface area contributed by atoms with E-state index < -0.39 is 35.5 Å². The van der Waals surface area contributed by atoms with Crippen LogP contribution in [0.4, 0.5) is 15.7 Å². The Bertz CT molecular complexity index is 1990. The zero-order valence-electron chi connectivity index (χ0n) is 21.9. The van der Waals surface area contributed by atoms with Gasteiger partial charge < -0.3 is 16.2 Å². The van der Waals surface area contributed by atoms with Crippen molar-refractivity contribution < 1.29 is 43.0 Å². The fraction of sp³-hybridized carbons (Fsp3) is 0.0833. The van der Waals surface area contributed by atoms with Crippen molar-refractivity contribution in [3.05, 3.63) is 88.0 Å². The Morgan fingerprint density at radius 1 is 0.841 bits per heavy atom. The largest absolute Gasteiger partial charge is 0.487 e. The normalized spacial score (nSPS) is 11.8. The number of ether oxygens (including phenoxy) is 1. The number of benzene rings is 3. The van der Waals surface area contributed by atoms with E-state index in [4.69, 9.17) is 56.9 Å². The van der Waals surface area contributed by atoms with E-state index in [9.17, 15) is 20.7 Å². The molecule has 0 saturated carbocycles. The van der Waals surface area contributed by atoms with Gasteiger partial charge in [-0.1, -0.05) is 47.5 Å². The zero-order valence-corrected chi connectivity index (χ0v) is 25.9. The maximum atomic E-state index is 13.2. The van der Waals surface area contributed by atoms with E-state index in [1.165, 1.54) is 0 Å². The van der Waals surface area contributed by atoms with Crippen molar-refractivity contribution >= 4 is 65.6 Å². The van der Waals surface area contributed by atoms with Crippen LogP contribution in [0, 0.1) is 0 Å². The van der Waals surface area contributed by atoms with Gasteiger partial charge >= 0.3 is 20.6 Å². The number of hydrogen-bond donors (Lipinski definition) is 5. The van der Waals surface area contributed by atoms with Gasteiger partial charge in [0, 0.05) is 12.1 Å². The van der Waals surface area contributed by atoms with Crippen LogP contribution in [0.3, 0.4) is 0 Å². The van der Waals surface area contributed by atoms with Gasteiger partial charge in [0.25, 0.3) is 0 Å². The van der Waals surface area contributed by atoms with Crippen molar-refractivity contribution in [2.45, 2.75) is 22.9 Å². The lowest BCUT2D eigenvalue weighted by atomic mass is 10.0. The predicted octanol–water partition coefficient (Wildman–Crippen LogP) is 3.68. The van der Waals surface area contributed by atoms with Gasteiger partial charge in [0.1, 0.15) is 18.2 Å². The lowest BCUT2D eigenvalue weighted by molar-refractivity contribution is 0.302. The molecule has 0 aliphatic heterocycles. The van der Waals surface area contributed by atoms with E-state index in [-0.39, 0.29) is 29.8 Å². The van der Waals surface area contributed by atoms with Gasteiger partial charge in [0.05, 0.1) is 25.5 Å². The second kappa shape index (κ2) is 14.0. The number of nitrogens with one attached hydrogen (secondary N) is 1. The quantitative estimate of drug-likeness (QED) is 0.123. The molecule has 236 valence electrons. The van der Waals surface area contributed by atoms with Crippen molar-refractivity contribution in [2.24, 2.45) is 0 Å². The van der Waals surface area contributed by atoms with Gasteiger partial charge in [-0.3, -0.25) is 9.11 Å². The van der Waals surface area contributed by atoms with Crippen LogP contribution in [-0.2, 0) is 43.8 Å². The Morgan fingerprint density at radius 3 is 2.05 bits per heavy atom.